The molecule has 1 aliphatic heterocycles. The zero-order valence-electron chi connectivity index (χ0n) is 24.8. The summed E-state index contributed by atoms with van der Waals surface area (Å²) in [5.41, 5.74) is 4.29. The number of rotatable bonds is 8. The van der Waals surface area contributed by atoms with E-state index in [9.17, 15) is 9.59 Å². The van der Waals surface area contributed by atoms with Gasteiger partial charge in [-0.05, 0) is 96.3 Å². The molecule has 1 fully saturated rings. The van der Waals surface area contributed by atoms with Crippen molar-refractivity contribution in [3.63, 3.8) is 0 Å². The highest BCUT2D eigenvalue weighted by Gasteiger charge is 2.42. The number of hydrogen-bond acceptors (Lipinski definition) is 8. The van der Waals surface area contributed by atoms with Crippen molar-refractivity contribution in [2.75, 3.05) is 28.4 Å². The molecule has 1 saturated carbocycles. The summed E-state index contributed by atoms with van der Waals surface area (Å²) in [5.74, 6) is 1.22. The number of Topliss-reactive ketones (excluding diaryl/α,β-unsaturated/α-hetero) is 1. The maximum atomic E-state index is 14.1. The van der Waals surface area contributed by atoms with Gasteiger partial charge in [-0.3, -0.25) is 4.79 Å². The van der Waals surface area contributed by atoms with Crippen LogP contribution >= 0.6 is 15.9 Å². The molecule has 224 valence electrons. The molecule has 0 saturated heterocycles. The van der Waals surface area contributed by atoms with Crippen molar-refractivity contribution in [2.24, 2.45) is 0 Å². The minimum absolute atomic E-state index is 0.0186. The summed E-state index contributed by atoms with van der Waals surface area (Å²) in [5, 5.41) is 3.45. The maximum absolute atomic E-state index is 14.1. The molecule has 9 heteroatoms. The van der Waals surface area contributed by atoms with Gasteiger partial charge in [-0.25, -0.2) is 4.79 Å². The molecule has 0 spiro atoms. The lowest BCUT2D eigenvalue weighted by Gasteiger charge is -2.37. The van der Waals surface area contributed by atoms with Crippen molar-refractivity contribution in [3.05, 3.63) is 68.5 Å². The Bertz CT molecular complexity index is 1440. The van der Waals surface area contributed by atoms with Gasteiger partial charge < -0.3 is 29.0 Å². The molecule has 5 rings (SSSR count). The van der Waals surface area contributed by atoms with Crippen molar-refractivity contribution in [1.82, 2.24) is 5.32 Å². The van der Waals surface area contributed by atoms with E-state index in [1.165, 1.54) is 0 Å². The molecule has 2 aromatic rings. The summed E-state index contributed by atoms with van der Waals surface area (Å²) in [6.07, 6.45) is 5.75. The van der Waals surface area contributed by atoms with Crippen LogP contribution < -0.4 is 24.3 Å². The second-order valence-electron chi connectivity index (χ2n) is 11.0. The van der Waals surface area contributed by atoms with E-state index < -0.39 is 5.92 Å². The zero-order valence-corrected chi connectivity index (χ0v) is 26.4. The van der Waals surface area contributed by atoms with Gasteiger partial charge in [0, 0.05) is 29.3 Å². The van der Waals surface area contributed by atoms with Gasteiger partial charge in [-0.15, -0.1) is 0 Å². The van der Waals surface area contributed by atoms with Gasteiger partial charge in [-0.2, -0.15) is 0 Å². The first-order chi connectivity index (χ1) is 20.3. The summed E-state index contributed by atoms with van der Waals surface area (Å²) in [4.78, 5) is 28.0. The van der Waals surface area contributed by atoms with Crippen molar-refractivity contribution in [3.8, 4) is 23.0 Å². The number of ketones is 1. The standard InChI is InChI=1S/C33H38BrNO7/c1-18-29(33(37)42-22-9-7-6-8-10-22)30(21-13-23(34)32(41-5)28(17-21)40-4)31-24(35-18)14-20(15-25(31)36)19-11-12-26(38-2)27(16-19)39-3/h11-13,16-17,20,22,30,35H,6-10,14-15H2,1-5H3. The normalized spacial score (nSPS) is 21.0. The maximum Gasteiger partial charge on any atom is 0.337 e. The number of ether oxygens (including phenoxy) is 5. The lowest BCUT2D eigenvalue weighted by Crippen LogP contribution is -2.37. The van der Waals surface area contributed by atoms with Crippen LogP contribution in [-0.2, 0) is 14.3 Å². The number of halogens is 1. The highest BCUT2D eigenvalue weighted by atomic mass is 79.9. The summed E-state index contributed by atoms with van der Waals surface area (Å²) >= 11 is 3.61. The molecule has 0 bridgehead atoms. The number of carbonyl (C=O) groups excluding carboxylic acids is 2. The first kappa shape index (κ1) is 30.0. The average Bonchev–Trinajstić information content (AvgIpc) is 2.99. The summed E-state index contributed by atoms with van der Waals surface area (Å²) < 4.78 is 28.9. The van der Waals surface area contributed by atoms with Gasteiger partial charge in [0.15, 0.2) is 28.8 Å². The Kier molecular flexibility index (Phi) is 9.16. The first-order valence-corrected chi connectivity index (χ1v) is 15.2. The number of hydrogen-bond donors (Lipinski definition) is 1. The lowest BCUT2D eigenvalue weighted by atomic mass is 9.71. The molecule has 0 aromatic heterocycles. The molecule has 1 N–H and O–H groups in total. The molecule has 2 aliphatic carbocycles. The Morgan fingerprint density at radius 1 is 0.857 bits per heavy atom. The van der Waals surface area contributed by atoms with Gasteiger partial charge in [0.1, 0.15) is 6.10 Å². The topological polar surface area (TPSA) is 92.3 Å². The lowest BCUT2D eigenvalue weighted by molar-refractivity contribution is -0.146. The largest absolute Gasteiger partial charge is 0.493 e. The van der Waals surface area contributed by atoms with Gasteiger partial charge in [-0.1, -0.05) is 12.5 Å². The number of benzene rings is 2. The van der Waals surface area contributed by atoms with Crippen molar-refractivity contribution >= 4 is 27.7 Å². The van der Waals surface area contributed by atoms with Gasteiger partial charge in [0.25, 0.3) is 0 Å². The Labute approximate surface area is 255 Å². The van der Waals surface area contributed by atoms with Gasteiger partial charge in [0.2, 0.25) is 0 Å². The van der Waals surface area contributed by atoms with Crippen molar-refractivity contribution in [2.45, 2.75) is 69.8 Å². The predicted octanol–water partition coefficient (Wildman–Crippen LogP) is 6.72. The molecule has 2 atom stereocenters. The van der Waals surface area contributed by atoms with E-state index in [0.717, 1.165) is 48.9 Å². The van der Waals surface area contributed by atoms with Crippen LogP contribution in [0.2, 0.25) is 0 Å². The smallest absolute Gasteiger partial charge is 0.337 e. The predicted molar refractivity (Wildman–Crippen MR) is 162 cm³/mol. The SMILES string of the molecule is COc1ccc(C2CC(=O)C3=C(C2)NC(C)=C(C(=O)OC2CCCCC2)C3c2cc(Br)c(OC)c(OC)c2)cc1OC. The molecular formula is C33H38BrNO7. The molecule has 0 radical (unpaired) electrons. The monoisotopic (exact) mass is 639 g/mol. The minimum atomic E-state index is -0.618. The van der Waals surface area contributed by atoms with E-state index in [0.29, 0.717) is 57.2 Å². The van der Waals surface area contributed by atoms with E-state index in [1.807, 2.05) is 37.3 Å². The molecule has 2 aromatic carbocycles. The molecule has 8 nitrogen and oxygen atoms in total. The van der Waals surface area contributed by atoms with Crippen LogP contribution in [0.4, 0.5) is 0 Å². The highest BCUT2D eigenvalue weighted by Crippen LogP contribution is 2.49. The fourth-order valence-corrected chi connectivity index (χ4v) is 7.11. The van der Waals surface area contributed by atoms with E-state index in [1.54, 1.807) is 28.4 Å². The van der Waals surface area contributed by atoms with Crippen molar-refractivity contribution in [1.29, 1.82) is 0 Å². The number of nitrogens with one attached hydrogen (secondary N) is 1. The van der Waals surface area contributed by atoms with Crippen molar-refractivity contribution < 1.29 is 33.3 Å². The van der Waals surface area contributed by atoms with E-state index in [-0.39, 0.29) is 23.8 Å². The molecular weight excluding hydrogens is 602 g/mol. The quantitative estimate of drug-likeness (QED) is 0.318. The van der Waals surface area contributed by atoms with Crippen LogP contribution in [0.1, 0.15) is 74.8 Å². The number of esters is 1. The molecule has 42 heavy (non-hydrogen) atoms. The number of methoxy groups -OCH3 is 4. The van der Waals surface area contributed by atoms with E-state index in [4.69, 9.17) is 23.7 Å². The fraction of sp³-hybridized carbons (Fsp3) is 0.455. The van der Waals surface area contributed by atoms with Gasteiger partial charge in [0.05, 0.1) is 38.5 Å². The van der Waals surface area contributed by atoms with Crippen LogP contribution in [-0.4, -0.2) is 46.3 Å². The number of allylic oxidation sites excluding steroid dienone is 3. The summed E-state index contributed by atoms with van der Waals surface area (Å²) in [6, 6.07) is 9.53. The summed E-state index contributed by atoms with van der Waals surface area (Å²) in [6.45, 7) is 1.88. The second kappa shape index (κ2) is 12.8. The Morgan fingerprint density at radius 3 is 2.21 bits per heavy atom. The molecule has 0 amide bonds. The molecule has 2 unspecified atom stereocenters. The van der Waals surface area contributed by atoms with Crippen LogP contribution in [0.25, 0.3) is 0 Å². The average molecular weight is 641 g/mol. The minimum Gasteiger partial charge on any atom is -0.493 e. The second-order valence-corrected chi connectivity index (χ2v) is 11.9. The Morgan fingerprint density at radius 2 is 1.55 bits per heavy atom. The van der Waals surface area contributed by atoms with Crippen LogP contribution in [0, 0.1) is 0 Å². The van der Waals surface area contributed by atoms with E-state index >= 15 is 0 Å². The van der Waals surface area contributed by atoms with E-state index in [2.05, 4.69) is 21.2 Å². The third-order valence-electron chi connectivity index (χ3n) is 8.54. The zero-order chi connectivity index (χ0) is 30.0. The third-order valence-corrected chi connectivity index (χ3v) is 9.13. The van der Waals surface area contributed by atoms with Crippen LogP contribution in [0.3, 0.4) is 0 Å². The molecule has 3 aliphatic rings. The third kappa shape index (κ3) is 5.76. The van der Waals surface area contributed by atoms with Crippen LogP contribution in [0.5, 0.6) is 23.0 Å². The first-order valence-electron chi connectivity index (χ1n) is 14.4. The molecule has 1 heterocycles. The van der Waals surface area contributed by atoms with Gasteiger partial charge >= 0.3 is 5.97 Å². The number of dihydropyridines is 1. The highest BCUT2D eigenvalue weighted by molar-refractivity contribution is 9.10. The Balaban J connectivity index is 1.58. The Hall–Kier alpha value is -3.46. The number of carbonyl (C=O) groups is 2. The fourth-order valence-electron chi connectivity index (χ4n) is 6.49. The van der Waals surface area contributed by atoms with Crippen LogP contribution in [0.15, 0.2) is 57.3 Å². The summed E-state index contributed by atoms with van der Waals surface area (Å²) in [7, 11) is 6.34.